The van der Waals surface area contributed by atoms with Crippen molar-refractivity contribution in [3.05, 3.63) is 65.7 Å². The third-order valence-electron chi connectivity index (χ3n) is 5.81. The van der Waals surface area contributed by atoms with Gasteiger partial charge in [-0.05, 0) is 49.6 Å². The van der Waals surface area contributed by atoms with Crippen molar-refractivity contribution in [2.24, 2.45) is 0 Å². The van der Waals surface area contributed by atoms with E-state index in [1.165, 1.54) is 25.3 Å². The van der Waals surface area contributed by atoms with Crippen molar-refractivity contribution in [1.29, 1.82) is 0 Å². The van der Waals surface area contributed by atoms with Crippen molar-refractivity contribution in [3.63, 3.8) is 0 Å². The number of pyridine rings is 1. The van der Waals surface area contributed by atoms with Crippen LogP contribution in [-0.2, 0) is 6.54 Å². The maximum absolute atomic E-state index is 14.8. The maximum Gasteiger partial charge on any atom is 0.319 e. The number of urea groups is 1. The van der Waals surface area contributed by atoms with Gasteiger partial charge >= 0.3 is 6.03 Å². The molecule has 2 aromatic carbocycles. The lowest BCUT2D eigenvalue weighted by atomic mass is 10.1. The molecular weight excluding hydrogens is 391 g/mol. The molecule has 1 aliphatic heterocycles. The second-order valence-electron chi connectivity index (χ2n) is 8.20. The van der Waals surface area contributed by atoms with Gasteiger partial charge in [0.05, 0.1) is 11.4 Å². The number of carbonyl (C=O) groups excluding carboxylic acids is 1. The average Bonchev–Trinajstić information content (AvgIpc) is 2.73. The van der Waals surface area contributed by atoms with Crippen LogP contribution >= 0.6 is 0 Å². The lowest BCUT2D eigenvalue weighted by Gasteiger charge is -2.27. The van der Waals surface area contributed by atoms with Gasteiger partial charge in [0.1, 0.15) is 5.82 Å². The number of hydrogen-bond donors (Lipinski definition) is 2. The van der Waals surface area contributed by atoms with E-state index in [2.05, 4.69) is 20.5 Å². The highest BCUT2D eigenvalue weighted by Crippen LogP contribution is 2.25. The molecule has 5 nitrogen and oxygen atoms in total. The molecule has 1 saturated heterocycles. The molecule has 0 saturated carbocycles. The lowest BCUT2D eigenvalue weighted by Crippen LogP contribution is -2.29. The lowest BCUT2D eigenvalue weighted by molar-refractivity contribution is 0.251. The molecule has 0 bridgehead atoms. The zero-order valence-corrected chi connectivity index (χ0v) is 18.0. The van der Waals surface area contributed by atoms with Gasteiger partial charge in [-0.2, -0.15) is 0 Å². The van der Waals surface area contributed by atoms with E-state index in [0.29, 0.717) is 5.69 Å². The molecule has 0 aliphatic carbocycles. The van der Waals surface area contributed by atoms with Gasteiger partial charge in [-0.25, -0.2) is 9.18 Å². The quantitative estimate of drug-likeness (QED) is 0.563. The summed E-state index contributed by atoms with van der Waals surface area (Å²) in [5, 5.41) is 7.62. The minimum absolute atomic E-state index is 0.225. The van der Waals surface area contributed by atoms with Crippen molar-refractivity contribution in [3.8, 4) is 0 Å². The Labute approximate surface area is 182 Å². The first kappa shape index (κ1) is 21.1. The highest BCUT2D eigenvalue weighted by Gasteiger charge is 2.14. The summed E-state index contributed by atoms with van der Waals surface area (Å²) >= 11 is 0. The number of benzene rings is 2. The smallest absolute Gasteiger partial charge is 0.319 e. The van der Waals surface area contributed by atoms with Crippen LogP contribution < -0.4 is 15.5 Å². The molecule has 4 rings (SSSR count). The molecule has 1 aromatic heterocycles. The van der Waals surface area contributed by atoms with Crippen LogP contribution in [0.3, 0.4) is 0 Å². The molecule has 0 spiro atoms. The van der Waals surface area contributed by atoms with E-state index >= 15 is 0 Å². The highest BCUT2D eigenvalue weighted by atomic mass is 19.1. The van der Waals surface area contributed by atoms with Gasteiger partial charge in [-0.15, -0.1) is 0 Å². The maximum atomic E-state index is 14.8. The van der Waals surface area contributed by atoms with E-state index in [-0.39, 0.29) is 18.4 Å². The third-order valence-corrected chi connectivity index (χ3v) is 5.81. The summed E-state index contributed by atoms with van der Waals surface area (Å²) in [6, 6.07) is 12.6. The largest absolute Gasteiger partial charge is 0.369 e. The Bertz CT molecular complexity index is 1060. The Hall–Kier alpha value is -3.15. The fourth-order valence-electron chi connectivity index (χ4n) is 4.14. The summed E-state index contributed by atoms with van der Waals surface area (Å²) in [4.78, 5) is 18.9. The Morgan fingerprint density at radius 2 is 1.84 bits per heavy atom. The summed E-state index contributed by atoms with van der Waals surface area (Å²) in [5.41, 5.74) is 3.01. The summed E-state index contributed by atoms with van der Waals surface area (Å²) in [5.74, 6) is -0.225. The SMILES string of the molecule is Cc1cc2c(NC(=O)NCc3ccc(N4CCCCCCC4)c(F)c3)cccc2cn1. The van der Waals surface area contributed by atoms with Gasteiger partial charge in [0, 0.05) is 42.3 Å². The highest BCUT2D eigenvalue weighted by molar-refractivity contribution is 6.01. The third kappa shape index (κ3) is 5.32. The normalized spacial score (nSPS) is 14.7. The molecule has 2 heterocycles. The Morgan fingerprint density at radius 3 is 2.61 bits per heavy atom. The van der Waals surface area contributed by atoms with Crippen LogP contribution in [0.1, 0.15) is 43.4 Å². The van der Waals surface area contributed by atoms with E-state index < -0.39 is 0 Å². The standard InChI is InChI=1S/C25H29FN4O/c1-18-14-21-20(17-27-18)8-7-9-23(21)29-25(31)28-16-19-10-11-24(22(26)15-19)30-12-5-3-2-4-6-13-30/h7-11,14-15,17H,2-6,12-13,16H2,1H3,(H2,28,29,31). The molecular formula is C25H29FN4O. The van der Waals surface area contributed by atoms with Crippen LogP contribution in [0.5, 0.6) is 0 Å². The molecule has 0 atom stereocenters. The number of hydrogen-bond acceptors (Lipinski definition) is 3. The number of aryl methyl sites for hydroxylation is 1. The molecule has 3 aromatic rings. The van der Waals surface area contributed by atoms with Crippen molar-refractivity contribution in [1.82, 2.24) is 10.3 Å². The number of carbonyl (C=O) groups is 1. The number of nitrogens with one attached hydrogen (secondary N) is 2. The molecule has 0 radical (unpaired) electrons. The molecule has 1 aliphatic rings. The van der Waals surface area contributed by atoms with E-state index in [9.17, 15) is 9.18 Å². The molecule has 162 valence electrons. The second-order valence-corrected chi connectivity index (χ2v) is 8.20. The molecule has 6 heteroatoms. The predicted octanol–water partition coefficient (Wildman–Crippen LogP) is 5.77. The number of nitrogens with zero attached hydrogens (tertiary/aromatic N) is 2. The number of halogens is 1. The Kier molecular flexibility index (Phi) is 6.65. The fourth-order valence-corrected chi connectivity index (χ4v) is 4.14. The number of amides is 2. The van der Waals surface area contributed by atoms with Gasteiger partial charge in [-0.3, -0.25) is 4.98 Å². The van der Waals surface area contributed by atoms with Crippen LogP contribution in [-0.4, -0.2) is 24.1 Å². The second kappa shape index (κ2) is 9.77. The van der Waals surface area contributed by atoms with E-state index in [4.69, 9.17) is 0 Å². The molecule has 2 amide bonds. The first-order valence-electron chi connectivity index (χ1n) is 11.0. The van der Waals surface area contributed by atoms with Crippen molar-refractivity contribution >= 4 is 28.2 Å². The number of aromatic nitrogens is 1. The number of rotatable bonds is 4. The Morgan fingerprint density at radius 1 is 1.06 bits per heavy atom. The van der Waals surface area contributed by atoms with Crippen LogP contribution in [0.15, 0.2) is 48.7 Å². The van der Waals surface area contributed by atoms with Gasteiger partial charge in [0.15, 0.2) is 0 Å². The zero-order valence-electron chi connectivity index (χ0n) is 18.0. The summed E-state index contributed by atoms with van der Waals surface area (Å²) in [7, 11) is 0. The average molecular weight is 421 g/mol. The van der Waals surface area contributed by atoms with E-state index in [1.54, 1.807) is 6.20 Å². The van der Waals surface area contributed by atoms with Crippen molar-refractivity contribution in [2.45, 2.75) is 45.6 Å². The summed E-state index contributed by atoms with van der Waals surface area (Å²) in [6.45, 7) is 3.98. The first-order valence-corrected chi connectivity index (χ1v) is 11.0. The van der Waals surface area contributed by atoms with Gasteiger partial charge in [0.2, 0.25) is 0 Å². The van der Waals surface area contributed by atoms with Gasteiger partial charge in [-0.1, -0.05) is 37.5 Å². The molecule has 1 fully saturated rings. The minimum Gasteiger partial charge on any atom is -0.369 e. The number of anilines is 2. The zero-order chi connectivity index (χ0) is 21.6. The summed E-state index contributed by atoms with van der Waals surface area (Å²) < 4.78 is 14.8. The van der Waals surface area contributed by atoms with Gasteiger partial charge < -0.3 is 15.5 Å². The minimum atomic E-state index is -0.324. The van der Waals surface area contributed by atoms with E-state index in [0.717, 1.165) is 53.6 Å². The molecule has 0 unspecified atom stereocenters. The molecule has 2 N–H and O–H groups in total. The molecule has 31 heavy (non-hydrogen) atoms. The number of fused-ring (bicyclic) bond motifs is 1. The van der Waals surface area contributed by atoms with E-state index in [1.807, 2.05) is 43.3 Å². The van der Waals surface area contributed by atoms with Crippen molar-refractivity contribution < 1.29 is 9.18 Å². The van der Waals surface area contributed by atoms with Crippen LogP contribution in [0.25, 0.3) is 10.8 Å². The monoisotopic (exact) mass is 420 g/mol. The predicted molar refractivity (Wildman–Crippen MR) is 124 cm³/mol. The Balaban J connectivity index is 1.38. The van der Waals surface area contributed by atoms with Crippen LogP contribution in [0.4, 0.5) is 20.6 Å². The summed E-state index contributed by atoms with van der Waals surface area (Å²) in [6.07, 6.45) is 7.70. The first-order chi connectivity index (χ1) is 15.1. The topological polar surface area (TPSA) is 57.3 Å². The van der Waals surface area contributed by atoms with Crippen LogP contribution in [0, 0.1) is 12.7 Å². The van der Waals surface area contributed by atoms with Crippen LogP contribution in [0.2, 0.25) is 0 Å². The van der Waals surface area contributed by atoms with Gasteiger partial charge in [0.25, 0.3) is 0 Å². The van der Waals surface area contributed by atoms with Crippen molar-refractivity contribution in [2.75, 3.05) is 23.3 Å². The fraction of sp³-hybridized carbons (Fsp3) is 0.360.